The molecule has 1 atom stereocenters. The monoisotopic (exact) mass is 317 g/mol. The van der Waals surface area contributed by atoms with E-state index in [-0.39, 0.29) is 12.0 Å². The summed E-state index contributed by atoms with van der Waals surface area (Å²) in [6, 6.07) is 5.92. The first-order valence-electron chi connectivity index (χ1n) is 7.67. The predicted octanol–water partition coefficient (Wildman–Crippen LogP) is 3.38. The van der Waals surface area contributed by atoms with Crippen molar-refractivity contribution in [2.75, 3.05) is 7.11 Å². The molecule has 124 valence electrons. The maximum Gasteiger partial charge on any atom is 0.408 e. The Labute approximate surface area is 136 Å². The molecule has 5 nitrogen and oxygen atoms in total. The minimum atomic E-state index is -0.506. The SMILES string of the molecule is COC(=O)/C=C/c1ccc2c(c1)CCC2NC(=O)OC(C)(C)C. The van der Waals surface area contributed by atoms with Gasteiger partial charge in [-0.25, -0.2) is 9.59 Å². The highest BCUT2D eigenvalue weighted by molar-refractivity contribution is 5.87. The zero-order valence-corrected chi connectivity index (χ0v) is 14.0. The van der Waals surface area contributed by atoms with Crippen LogP contribution in [0.15, 0.2) is 24.3 Å². The lowest BCUT2D eigenvalue weighted by atomic mass is 10.0. The number of fused-ring (bicyclic) bond motifs is 1. The number of nitrogens with one attached hydrogen (secondary N) is 1. The number of carbonyl (C=O) groups is 2. The average Bonchev–Trinajstić information content (AvgIpc) is 2.85. The molecule has 1 unspecified atom stereocenters. The highest BCUT2D eigenvalue weighted by Gasteiger charge is 2.26. The largest absolute Gasteiger partial charge is 0.466 e. The van der Waals surface area contributed by atoms with Crippen LogP contribution >= 0.6 is 0 Å². The van der Waals surface area contributed by atoms with Crippen LogP contribution in [0.3, 0.4) is 0 Å². The third kappa shape index (κ3) is 4.84. The van der Waals surface area contributed by atoms with Crippen LogP contribution in [0.25, 0.3) is 6.08 Å². The molecule has 1 aliphatic carbocycles. The van der Waals surface area contributed by atoms with Gasteiger partial charge in [-0.15, -0.1) is 0 Å². The predicted molar refractivity (Wildman–Crippen MR) is 87.9 cm³/mol. The number of amides is 1. The van der Waals surface area contributed by atoms with E-state index in [1.54, 1.807) is 6.08 Å². The summed E-state index contributed by atoms with van der Waals surface area (Å²) in [7, 11) is 1.35. The molecular weight excluding hydrogens is 294 g/mol. The van der Waals surface area contributed by atoms with Gasteiger partial charge in [0.15, 0.2) is 0 Å². The van der Waals surface area contributed by atoms with Crippen LogP contribution in [0.1, 0.15) is 49.9 Å². The maximum atomic E-state index is 11.9. The molecule has 1 aromatic carbocycles. The van der Waals surface area contributed by atoms with E-state index in [0.29, 0.717) is 0 Å². The number of aryl methyl sites for hydroxylation is 1. The van der Waals surface area contributed by atoms with Gasteiger partial charge in [-0.1, -0.05) is 18.2 Å². The third-order valence-electron chi connectivity index (χ3n) is 3.55. The second-order valence-electron chi connectivity index (χ2n) is 6.55. The van der Waals surface area contributed by atoms with Gasteiger partial charge in [-0.3, -0.25) is 0 Å². The molecule has 0 aliphatic heterocycles. The molecule has 23 heavy (non-hydrogen) atoms. The van der Waals surface area contributed by atoms with E-state index in [9.17, 15) is 9.59 Å². The number of carbonyl (C=O) groups excluding carboxylic acids is 2. The lowest BCUT2D eigenvalue weighted by Gasteiger charge is -2.22. The summed E-state index contributed by atoms with van der Waals surface area (Å²) >= 11 is 0. The first-order chi connectivity index (χ1) is 10.8. The van der Waals surface area contributed by atoms with Gasteiger partial charge in [0.25, 0.3) is 0 Å². The van der Waals surface area contributed by atoms with Gasteiger partial charge in [0.05, 0.1) is 13.2 Å². The smallest absolute Gasteiger partial charge is 0.408 e. The van der Waals surface area contributed by atoms with Crippen molar-refractivity contribution in [1.82, 2.24) is 5.32 Å². The van der Waals surface area contributed by atoms with Gasteiger partial charge < -0.3 is 14.8 Å². The number of esters is 1. The number of benzene rings is 1. The fraction of sp³-hybridized carbons (Fsp3) is 0.444. The molecule has 1 aromatic rings. The molecule has 0 radical (unpaired) electrons. The number of ether oxygens (including phenoxy) is 2. The number of hydrogen-bond acceptors (Lipinski definition) is 4. The Balaban J connectivity index is 2.05. The van der Waals surface area contributed by atoms with Crippen LogP contribution in [0, 0.1) is 0 Å². The standard InChI is InChI=1S/C18H23NO4/c1-18(2,3)23-17(21)19-15-9-7-13-11-12(5-8-14(13)15)6-10-16(20)22-4/h5-6,8,10-11,15H,7,9H2,1-4H3,(H,19,21)/b10-6+. The lowest BCUT2D eigenvalue weighted by molar-refractivity contribution is -0.134. The Morgan fingerprint density at radius 2 is 2.04 bits per heavy atom. The number of methoxy groups -OCH3 is 1. The van der Waals surface area contributed by atoms with Gasteiger partial charge in [0, 0.05) is 6.08 Å². The Bertz CT molecular complexity index is 628. The molecule has 0 saturated carbocycles. The molecular formula is C18H23NO4. The van der Waals surface area contributed by atoms with E-state index in [4.69, 9.17) is 4.74 Å². The van der Waals surface area contributed by atoms with Crippen LogP contribution in [0.4, 0.5) is 4.79 Å². The molecule has 0 saturated heterocycles. The topological polar surface area (TPSA) is 64.6 Å². The molecule has 1 aliphatic rings. The molecule has 2 rings (SSSR count). The Kier molecular flexibility index (Phi) is 5.08. The summed E-state index contributed by atoms with van der Waals surface area (Å²) in [4.78, 5) is 23.0. The van der Waals surface area contributed by atoms with E-state index >= 15 is 0 Å². The van der Waals surface area contributed by atoms with E-state index in [1.807, 2.05) is 39.0 Å². The van der Waals surface area contributed by atoms with Gasteiger partial charge in [-0.2, -0.15) is 0 Å². The summed E-state index contributed by atoms with van der Waals surface area (Å²) in [5, 5.41) is 2.92. The molecule has 0 aromatic heterocycles. The molecule has 5 heteroatoms. The van der Waals surface area contributed by atoms with E-state index in [0.717, 1.165) is 24.0 Å². The highest BCUT2D eigenvalue weighted by Crippen LogP contribution is 2.32. The van der Waals surface area contributed by atoms with Crippen LogP contribution in [-0.2, 0) is 20.7 Å². The second kappa shape index (κ2) is 6.86. The number of alkyl carbamates (subject to hydrolysis) is 1. The van der Waals surface area contributed by atoms with E-state index in [1.165, 1.54) is 18.7 Å². The molecule has 0 spiro atoms. The molecule has 0 heterocycles. The Morgan fingerprint density at radius 3 is 2.70 bits per heavy atom. The van der Waals surface area contributed by atoms with Crippen molar-refractivity contribution in [2.45, 2.75) is 45.3 Å². The van der Waals surface area contributed by atoms with Crippen molar-refractivity contribution in [3.05, 3.63) is 41.0 Å². The van der Waals surface area contributed by atoms with Gasteiger partial charge in [0.1, 0.15) is 5.60 Å². The average molecular weight is 317 g/mol. The van der Waals surface area contributed by atoms with Crippen molar-refractivity contribution in [1.29, 1.82) is 0 Å². The van der Waals surface area contributed by atoms with E-state index in [2.05, 4.69) is 10.1 Å². The van der Waals surface area contributed by atoms with Crippen molar-refractivity contribution >= 4 is 18.1 Å². The van der Waals surface area contributed by atoms with Crippen molar-refractivity contribution in [3.63, 3.8) is 0 Å². The zero-order valence-electron chi connectivity index (χ0n) is 14.0. The zero-order chi connectivity index (χ0) is 17.0. The first kappa shape index (κ1) is 17.1. The Morgan fingerprint density at radius 1 is 1.30 bits per heavy atom. The summed E-state index contributed by atoms with van der Waals surface area (Å²) in [5.41, 5.74) is 2.71. The molecule has 0 bridgehead atoms. The van der Waals surface area contributed by atoms with Crippen LogP contribution in [0.2, 0.25) is 0 Å². The molecule has 1 amide bonds. The minimum absolute atomic E-state index is 0.0292. The van der Waals surface area contributed by atoms with Crippen molar-refractivity contribution in [2.24, 2.45) is 0 Å². The summed E-state index contributed by atoms with van der Waals surface area (Å²) in [6.07, 6.45) is 4.45. The summed E-state index contributed by atoms with van der Waals surface area (Å²) in [6.45, 7) is 5.53. The quantitative estimate of drug-likeness (QED) is 0.685. The van der Waals surface area contributed by atoms with Crippen LogP contribution in [-0.4, -0.2) is 24.8 Å². The molecule has 1 N–H and O–H groups in total. The fourth-order valence-corrected chi connectivity index (χ4v) is 2.57. The van der Waals surface area contributed by atoms with Crippen molar-refractivity contribution in [3.8, 4) is 0 Å². The van der Waals surface area contributed by atoms with E-state index < -0.39 is 11.7 Å². The second-order valence-corrected chi connectivity index (χ2v) is 6.55. The lowest BCUT2D eigenvalue weighted by Crippen LogP contribution is -2.34. The normalized spacial score (nSPS) is 17.0. The minimum Gasteiger partial charge on any atom is -0.466 e. The van der Waals surface area contributed by atoms with Crippen molar-refractivity contribution < 1.29 is 19.1 Å². The third-order valence-corrected chi connectivity index (χ3v) is 3.55. The summed E-state index contributed by atoms with van der Waals surface area (Å²) < 4.78 is 9.88. The van der Waals surface area contributed by atoms with Gasteiger partial charge in [0.2, 0.25) is 0 Å². The highest BCUT2D eigenvalue weighted by atomic mass is 16.6. The van der Waals surface area contributed by atoms with Gasteiger partial charge >= 0.3 is 12.1 Å². The summed E-state index contributed by atoms with van der Waals surface area (Å²) in [5.74, 6) is -0.380. The van der Waals surface area contributed by atoms with Crippen LogP contribution < -0.4 is 5.32 Å². The fourth-order valence-electron chi connectivity index (χ4n) is 2.57. The first-order valence-corrected chi connectivity index (χ1v) is 7.67. The van der Waals surface area contributed by atoms with Crippen LogP contribution in [0.5, 0.6) is 0 Å². The Hall–Kier alpha value is -2.30. The number of rotatable bonds is 3. The number of hydrogen-bond donors (Lipinski definition) is 1. The maximum absolute atomic E-state index is 11.9. The van der Waals surface area contributed by atoms with Gasteiger partial charge in [-0.05, 0) is 56.4 Å². The molecule has 0 fully saturated rings.